The van der Waals surface area contributed by atoms with Crippen LogP contribution in [0.15, 0.2) is 24.5 Å². The number of piperidine rings is 1. The highest BCUT2D eigenvalue weighted by atomic mass is 32.1. The molecule has 10 heteroatoms. The van der Waals surface area contributed by atoms with E-state index < -0.39 is 0 Å². The van der Waals surface area contributed by atoms with Crippen molar-refractivity contribution in [1.82, 2.24) is 20.2 Å². The first-order valence-corrected chi connectivity index (χ1v) is 11.2. The number of hydrogen-bond donors (Lipinski definition) is 2. The minimum atomic E-state index is -0.331. The minimum absolute atomic E-state index is 0.137. The van der Waals surface area contributed by atoms with Crippen LogP contribution in [0.5, 0.6) is 0 Å². The number of aryl methyl sites for hydroxylation is 1. The molecule has 1 saturated heterocycles. The average Bonchev–Trinajstić information content (AvgIpc) is 3.12. The molecule has 0 spiro atoms. The van der Waals surface area contributed by atoms with Gasteiger partial charge in [-0.05, 0) is 52.0 Å². The van der Waals surface area contributed by atoms with Gasteiger partial charge >= 0.3 is 6.03 Å². The Morgan fingerprint density at radius 3 is 2.81 bits per heavy atom. The molecule has 0 bridgehead atoms. The van der Waals surface area contributed by atoms with Crippen LogP contribution >= 0.6 is 11.3 Å². The van der Waals surface area contributed by atoms with E-state index in [1.54, 1.807) is 4.90 Å². The van der Waals surface area contributed by atoms with Gasteiger partial charge in [0.25, 0.3) is 5.91 Å². The number of thiophene rings is 1. The Labute approximate surface area is 185 Å². The van der Waals surface area contributed by atoms with Crippen molar-refractivity contribution in [3.8, 4) is 0 Å². The van der Waals surface area contributed by atoms with Gasteiger partial charge in [-0.1, -0.05) is 17.1 Å². The fraction of sp³-hybridized carbons (Fsp3) is 0.333. The van der Waals surface area contributed by atoms with Gasteiger partial charge in [0.2, 0.25) is 0 Å². The molecular weight excluding hydrogens is 411 g/mol. The molecule has 4 heterocycles. The number of likely N-dealkylation sites (tertiary alicyclic amines) is 1. The zero-order valence-electron chi connectivity index (χ0n) is 17.7. The van der Waals surface area contributed by atoms with Crippen molar-refractivity contribution in [1.29, 1.82) is 0 Å². The van der Waals surface area contributed by atoms with E-state index in [4.69, 9.17) is 0 Å². The van der Waals surface area contributed by atoms with Crippen molar-refractivity contribution in [2.45, 2.75) is 25.8 Å². The average molecular weight is 434 g/mol. The first-order valence-electron chi connectivity index (χ1n) is 10.4. The molecule has 0 atom stereocenters. The maximum absolute atomic E-state index is 13.1. The van der Waals surface area contributed by atoms with Gasteiger partial charge in [0.15, 0.2) is 5.82 Å². The number of carbonyl (C=O) groups is 2. The number of urea groups is 1. The normalized spacial score (nSPS) is 17.1. The van der Waals surface area contributed by atoms with Crippen LogP contribution in [0.25, 0.3) is 10.2 Å². The van der Waals surface area contributed by atoms with Crippen molar-refractivity contribution in [2.75, 3.05) is 30.4 Å². The lowest BCUT2D eigenvalue weighted by molar-refractivity contribution is 0.0922. The molecule has 2 aliphatic heterocycles. The predicted octanol–water partition coefficient (Wildman–Crippen LogP) is 1.77. The molecule has 1 fully saturated rings. The van der Waals surface area contributed by atoms with Crippen LogP contribution in [0.4, 0.5) is 22.0 Å². The predicted molar refractivity (Wildman–Crippen MR) is 126 cm³/mol. The van der Waals surface area contributed by atoms with E-state index in [-0.39, 0.29) is 18.0 Å². The lowest BCUT2D eigenvalue weighted by atomic mass is 9.90. The van der Waals surface area contributed by atoms with Gasteiger partial charge < -0.3 is 15.5 Å². The van der Waals surface area contributed by atoms with E-state index in [1.165, 1.54) is 17.7 Å². The summed E-state index contributed by atoms with van der Waals surface area (Å²) in [5.41, 5.74) is 3.48. The first kappa shape index (κ1) is 20.0. The Hall–Kier alpha value is -2.98. The molecule has 5 rings (SSSR count). The van der Waals surface area contributed by atoms with Crippen LogP contribution in [-0.2, 0) is 0 Å². The van der Waals surface area contributed by atoms with Crippen LogP contribution in [0, 0.1) is 6.92 Å². The molecule has 3 amide bonds. The van der Waals surface area contributed by atoms with Crippen molar-refractivity contribution in [3.63, 3.8) is 0 Å². The molecule has 2 aliphatic rings. The standard InChI is InChI=1S/C21H23BN6O2S/c1-11-3-4-13(9-14(11)22)28-18-15-16(26-21(28)30)17(31-20(15)24-10-23-18)19(29)25-12-5-7-27(2)8-6-12/h3-4,9-10,12H,5-8,22H2,1-2H3,(H,25,29)(H,26,30). The summed E-state index contributed by atoms with van der Waals surface area (Å²) >= 11 is 1.29. The summed E-state index contributed by atoms with van der Waals surface area (Å²) in [6, 6.07) is 5.66. The van der Waals surface area contributed by atoms with Gasteiger partial charge in [-0.25, -0.2) is 19.7 Å². The fourth-order valence-corrected chi connectivity index (χ4v) is 5.13. The van der Waals surface area contributed by atoms with Crippen LogP contribution < -0.4 is 21.0 Å². The smallest absolute Gasteiger partial charge is 0.332 e. The van der Waals surface area contributed by atoms with E-state index in [2.05, 4.69) is 32.5 Å². The molecule has 0 aliphatic carbocycles. The topological polar surface area (TPSA) is 90.5 Å². The molecule has 31 heavy (non-hydrogen) atoms. The number of carbonyl (C=O) groups excluding carboxylic acids is 2. The third-order valence-electron chi connectivity index (χ3n) is 6.12. The van der Waals surface area contributed by atoms with E-state index in [1.807, 2.05) is 33.0 Å². The van der Waals surface area contributed by atoms with Gasteiger partial charge in [0.1, 0.15) is 23.9 Å². The second-order valence-corrected chi connectivity index (χ2v) is 9.27. The Bertz CT molecular complexity index is 1200. The Morgan fingerprint density at radius 1 is 1.29 bits per heavy atom. The molecule has 158 valence electrons. The Morgan fingerprint density at radius 2 is 2.06 bits per heavy atom. The number of nitrogens with zero attached hydrogens (tertiary/aromatic N) is 4. The molecule has 8 nitrogen and oxygen atoms in total. The number of amides is 3. The molecule has 2 N–H and O–H groups in total. The van der Waals surface area contributed by atoms with Gasteiger partial charge in [0, 0.05) is 6.04 Å². The van der Waals surface area contributed by atoms with Crippen molar-refractivity contribution in [2.24, 2.45) is 0 Å². The number of aromatic nitrogens is 2. The second kappa shape index (κ2) is 7.62. The highest BCUT2D eigenvalue weighted by Gasteiger charge is 2.34. The van der Waals surface area contributed by atoms with Gasteiger partial charge in [0.05, 0.1) is 16.8 Å². The van der Waals surface area contributed by atoms with E-state index >= 15 is 0 Å². The third kappa shape index (κ3) is 3.45. The maximum atomic E-state index is 13.1. The quantitative estimate of drug-likeness (QED) is 0.614. The van der Waals surface area contributed by atoms with Gasteiger partial charge in [-0.3, -0.25) is 4.79 Å². The minimum Gasteiger partial charge on any atom is -0.348 e. The molecule has 3 aromatic rings. The fourth-order valence-electron chi connectivity index (χ4n) is 4.13. The van der Waals surface area contributed by atoms with Crippen molar-refractivity contribution < 1.29 is 9.59 Å². The number of anilines is 3. The van der Waals surface area contributed by atoms with Crippen LogP contribution in [0.1, 0.15) is 28.1 Å². The van der Waals surface area contributed by atoms with Crippen molar-refractivity contribution in [3.05, 3.63) is 35.0 Å². The summed E-state index contributed by atoms with van der Waals surface area (Å²) in [5.74, 6) is 0.333. The summed E-state index contributed by atoms with van der Waals surface area (Å²) in [5, 5.41) is 6.77. The van der Waals surface area contributed by atoms with Crippen LogP contribution in [0.3, 0.4) is 0 Å². The molecule has 1 aromatic carbocycles. The highest BCUT2D eigenvalue weighted by Crippen LogP contribution is 2.44. The summed E-state index contributed by atoms with van der Waals surface area (Å²) in [7, 11) is 4.10. The summed E-state index contributed by atoms with van der Waals surface area (Å²) in [4.78, 5) is 40.0. The molecule has 0 saturated carbocycles. The SMILES string of the molecule is Bc1cc(N2C(=O)Nc3c(C(=O)NC4CCN(C)CC4)sc4ncnc2c34)ccc1C. The van der Waals surface area contributed by atoms with Crippen molar-refractivity contribution >= 4 is 64.0 Å². The molecule has 0 radical (unpaired) electrons. The van der Waals surface area contributed by atoms with Gasteiger partial charge in [-0.15, -0.1) is 11.3 Å². The summed E-state index contributed by atoms with van der Waals surface area (Å²) in [6.07, 6.45) is 3.28. The zero-order chi connectivity index (χ0) is 21.7. The zero-order valence-corrected chi connectivity index (χ0v) is 18.5. The van der Waals surface area contributed by atoms with Crippen LogP contribution in [-0.4, -0.2) is 60.8 Å². The van der Waals surface area contributed by atoms with Crippen LogP contribution in [0.2, 0.25) is 0 Å². The lowest BCUT2D eigenvalue weighted by Crippen LogP contribution is -2.43. The van der Waals surface area contributed by atoms with Gasteiger partial charge in [-0.2, -0.15) is 0 Å². The van der Waals surface area contributed by atoms with E-state index in [0.717, 1.165) is 42.6 Å². The lowest BCUT2D eigenvalue weighted by Gasteiger charge is -2.30. The number of benzene rings is 1. The first-order chi connectivity index (χ1) is 14.9. The monoisotopic (exact) mass is 434 g/mol. The number of hydrogen-bond acceptors (Lipinski definition) is 6. The number of nitrogens with one attached hydrogen (secondary N) is 2. The van der Waals surface area contributed by atoms with E-state index in [9.17, 15) is 9.59 Å². The van der Waals surface area contributed by atoms with E-state index in [0.29, 0.717) is 26.6 Å². The molecular formula is C21H23BN6O2S. The maximum Gasteiger partial charge on any atom is 0.332 e. The largest absolute Gasteiger partial charge is 0.348 e. The Kier molecular flexibility index (Phi) is 4.90. The highest BCUT2D eigenvalue weighted by molar-refractivity contribution is 7.21. The molecule has 0 unspecified atom stereocenters. The Balaban J connectivity index is 1.53. The summed E-state index contributed by atoms with van der Waals surface area (Å²) < 4.78 is 0. The third-order valence-corrected chi connectivity index (χ3v) is 7.22. The molecule has 2 aromatic heterocycles. The number of rotatable bonds is 3. The summed E-state index contributed by atoms with van der Waals surface area (Å²) in [6.45, 7) is 3.95. The second-order valence-electron chi connectivity index (χ2n) is 8.27.